The predicted molar refractivity (Wildman–Crippen MR) is 103 cm³/mol. The highest BCUT2D eigenvalue weighted by molar-refractivity contribution is 5.88. The predicted octanol–water partition coefficient (Wildman–Crippen LogP) is 4.80. The minimum atomic E-state index is -0.776. The molecule has 0 aliphatic heterocycles. The lowest BCUT2D eigenvalue weighted by atomic mass is 9.85. The third-order valence-electron chi connectivity index (χ3n) is 4.94. The van der Waals surface area contributed by atoms with Gasteiger partial charge in [0.1, 0.15) is 0 Å². The summed E-state index contributed by atoms with van der Waals surface area (Å²) in [5.74, 6) is -0.378. The minimum Gasteiger partial charge on any atom is -0.396 e. The van der Waals surface area contributed by atoms with E-state index < -0.39 is 6.10 Å². The standard InChI is InChI=1S/C23H20O2/c24-15-22(20-13-5-9-16-7-1-3-11-18(16)20)23(25)21-14-6-10-17-8-2-4-12-19(17)21/h1-14,22-25H,15H2/t22-,23-/m1/s1. The second-order valence-electron chi connectivity index (χ2n) is 6.37. The quantitative estimate of drug-likeness (QED) is 0.565. The number of aliphatic hydroxyl groups is 2. The average molecular weight is 328 g/mol. The average Bonchev–Trinajstić information content (AvgIpc) is 2.68. The maximum atomic E-state index is 11.1. The Morgan fingerprint density at radius 3 is 1.68 bits per heavy atom. The van der Waals surface area contributed by atoms with Crippen LogP contribution in [0.5, 0.6) is 0 Å². The minimum absolute atomic E-state index is 0.113. The molecule has 0 saturated heterocycles. The SMILES string of the molecule is OC[C@H](c1cccc2ccccc12)[C@H](O)c1cccc2ccccc12. The summed E-state index contributed by atoms with van der Waals surface area (Å²) in [4.78, 5) is 0. The van der Waals surface area contributed by atoms with Crippen molar-refractivity contribution in [2.75, 3.05) is 6.61 Å². The molecule has 25 heavy (non-hydrogen) atoms. The molecule has 0 bridgehead atoms. The first-order valence-electron chi connectivity index (χ1n) is 8.54. The van der Waals surface area contributed by atoms with Gasteiger partial charge in [-0.3, -0.25) is 0 Å². The summed E-state index contributed by atoms with van der Waals surface area (Å²) >= 11 is 0. The molecule has 0 aromatic heterocycles. The Kier molecular flexibility index (Phi) is 4.22. The molecule has 124 valence electrons. The van der Waals surface area contributed by atoms with Crippen molar-refractivity contribution in [2.45, 2.75) is 12.0 Å². The molecule has 0 fully saturated rings. The highest BCUT2D eigenvalue weighted by Crippen LogP contribution is 2.37. The topological polar surface area (TPSA) is 40.5 Å². The highest BCUT2D eigenvalue weighted by atomic mass is 16.3. The molecular formula is C23H20O2. The van der Waals surface area contributed by atoms with Gasteiger partial charge in [0.05, 0.1) is 12.7 Å². The normalized spacial score (nSPS) is 13.8. The molecule has 2 N–H and O–H groups in total. The molecule has 2 heteroatoms. The van der Waals surface area contributed by atoms with E-state index in [-0.39, 0.29) is 12.5 Å². The van der Waals surface area contributed by atoms with Crippen LogP contribution >= 0.6 is 0 Å². The van der Waals surface area contributed by atoms with E-state index in [1.165, 1.54) is 0 Å². The summed E-state index contributed by atoms with van der Waals surface area (Å²) < 4.78 is 0. The molecule has 2 nitrogen and oxygen atoms in total. The monoisotopic (exact) mass is 328 g/mol. The number of rotatable bonds is 4. The van der Waals surface area contributed by atoms with Crippen LogP contribution in [0.1, 0.15) is 23.1 Å². The molecule has 4 aromatic rings. The van der Waals surface area contributed by atoms with Crippen molar-refractivity contribution < 1.29 is 10.2 Å². The third-order valence-corrected chi connectivity index (χ3v) is 4.94. The zero-order valence-corrected chi connectivity index (χ0v) is 13.8. The Labute approximate surface area is 147 Å². The van der Waals surface area contributed by atoms with Gasteiger partial charge in [-0.2, -0.15) is 0 Å². The fraction of sp³-hybridized carbons (Fsp3) is 0.130. The van der Waals surface area contributed by atoms with E-state index in [1.807, 2.05) is 72.8 Å². The molecule has 4 aromatic carbocycles. The van der Waals surface area contributed by atoms with Crippen LogP contribution in [0.3, 0.4) is 0 Å². The smallest absolute Gasteiger partial charge is 0.0886 e. The lowest BCUT2D eigenvalue weighted by Gasteiger charge is -2.24. The maximum Gasteiger partial charge on any atom is 0.0886 e. The molecule has 0 saturated carbocycles. The van der Waals surface area contributed by atoms with Gasteiger partial charge in [-0.05, 0) is 32.7 Å². The summed E-state index contributed by atoms with van der Waals surface area (Å²) in [5, 5.41) is 25.5. The van der Waals surface area contributed by atoms with E-state index >= 15 is 0 Å². The Balaban J connectivity index is 1.85. The van der Waals surface area contributed by atoms with Crippen molar-refractivity contribution in [1.29, 1.82) is 0 Å². The lowest BCUT2D eigenvalue weighted by Crippen LogP contribution is -2.15. The fourth-order valence-corrected chi connectivity index (χ4v) is 3.67. The van der Waals surface area contributed by atoms with E-state index in [2.05, 4.69) is 12.1 Å². The summed E-state index contributed by atoms with van der Waals surface area (Å²) in [6.45, 7) is -0.113. The second-order valence-corrected chi connectivity index (χ2v) is 6.37. The summed E-state index contributed by atoms with van der Waals surface area (Å²) in [7, 11) is 0. The van der Waals surface area contributed by atoms with E-state index in [0.29, 0.717) is 0 Å². The van der Waals surface area contributed by atoms with Gasteiger partial charge in [-0.25, -0.2) is 0 Å². The summed E-state index contributed by atoms with van der Waals surface area (Å²) in [5.41, 5.74) is 1.83. The van der Waals surface area contributed by atoms with Crippen LogP contribution in [0.2, 0.25) is 0 Å². The Hall–Kier alpha value is -2.68. The van der Waals surface area contributed by atoms with Gasteiger partial charge >= 0.3 is 0 Å². The van der Waals surface area contributed by atoms with Crippen molar-refractivity contribution >= 4 is 21.5 Å². The van der Waals surface area contributed by atoms with Crippen molar-refractivity contribution in [2.24, 2.45) is 0 Å². The number of hydrogen-bond donors (Lipinski definition) is 2. The number of hydrogen-bond acceptors (Lipinski definition) is 2. The van der Waals surface area contributed by atoms with Gasteiger partial charge in [-0.1, -0.05) is 84.9 Å². The van der Waals surface area contributed by atoms with Crippen molar-refractivity contribution in [3.8, 4) is 0 Å². The molecule has 0 radical (unpaired) electrons. The third kappa shape index (κ3) is 2.80. The molecular weight excluding hydrogens is 308 g/mol. The first-order chi connectivity index (χ1) is 12.3. The van der Waals surface area contributed by atoms with Crippen LogP contribution in [0.4, 0.5) is 0 Å². The molecule has 0 amide bonds. The molecule has 0 aliphatic rings. The number of aliphatic hydroxyl groups excluding tert-OH is 2. The van der Waals surface area contributed by atoms with Gasteiger partial charge in [0.25, 0.3) is 0 Å². The zero-order chi connectivity index (χ0) is 17.2. The Morgan fingerprint density at radius 1 is 0.600 bits per heavy atom. The maximum absolute atomic E-state index is 11.1. The fourth-order valence-electron chi connectivity index (χ4n) is 3.67. The van der Waals surface area contributed by atoms with Crippen molar-refractivity contribution in [3.63, 3.8) is 0 Å². The van der Waals surface area contributed by atoms with E-state index in [0.717, 1.165) is 32.7 Å². The zero-order valence-electron chi connectivity index (χ0n) is 13.8. The first-order valence-corrected chi connectivity index (χ1v) is 8.54. The van der Waals surface area contributed by atoms with Crippen LogP contribution < -0.4 is 0 Å². The first kappa shape index (κ1) is 15.8. The highest BCUT2D eigenvalue weighted by Gasteiger charge is 2.25. The number of benzene rings is 4. The van der Waals surface area contributed by atoms with Gasteiger partial charge in [0, 0.05) is 5.92 Å². The van der Waals surface area contributed by atoms with Crippen LogP contribution in [0, 0.1) is 0 Å². The molecule has 0 heterocycles. The molecule has 0 spiro atoms. The molecule has 2 atom stereocenters. The van der Waals surface area contributed by atoms with Crippen molar-refractivity contribution in [1.82, 2.24) is 0 Å². The van der Waals surface area contributed by atoms with E-state index in [4.69, 9.17) is 0 Å². The largest absolute Gasteiger partial charge is 0.396 e. The number of fused-ring (bicyclic) bond motifs is 2. The second kappa shape index (κ2) is 6.67. The van der Waals surface area contributed by atoms with E-state index in [1.54, 1.807) is 0 Å². The summed E-state index contributed by atoms with van der Waals surface area (Å²) in [6, 6.07) is 28.1. The van der Waals surface area contributed by atoms with Crippen LogP contribution in [-0.4, -0.2) is 16.8 Å². The Bertz CT molecular complexity index is 1010. The van der Waals surface area contributed by atoms with Crippen LogP contribution in [-0.2, 0) is 0 Å². The molecule has 4 rings (SSSR count). The molecule has 0 aliphatic carbocycles. The van der Waals surface area contributed by atoms with E-state index in [9.17, 15) is 10.2 Å². The van der Waals surface area contributed by atoms with Gasteiger partial charge < -0.3 is 10.2 Å². The van der Waals surface area contributed by atoms with Gasteiger partial charge in [-0.15, -0.1) is 0 Å². The van der Waals surface area contributed by atoms with Crippen LogP contribution in [0.15, 0.2) is 84.9 Å². The van der Waals surface area contributed by atoms with Gasteiger partial charge in [0.15, 0.2) is 0 Å². The van der Waals surface area contributed by atoms with Gasteiger partial charge in [0.2, 0.25) is 0 Å². The van der Waals surface area contributed by atoms with Crippen LogP contribution in [0.25, 0.3) is 21.5 Å². The van der Waals surface area contributed by atoms with Crippen molar-refractivity contribution in [3.05, 3.63) is 96.1 Å². The Morgan fingerprint density at radius 2 is 1.08 bits per heavy atom. The summed E-state index contributed by atoms with van der Waals surface area (Å²) in [6.07, 6.45) is -0.776. The molecule has 0 unspecified atom stereocenters. The lowest BCUT2D eigenvalue weighted by molar-refractivity contribution is 0.109.